The second-order valence-electron chi connectivity index (χ2n) is 5.44. The highest BCUT2D eigenvalue weighted by Gasteiger charge is 2.20. The molecule has 1 atom stereocenters. The molecule has 0 bridgehead atoms. The third-order valence-corrected chi connectivity index (χ3v) is 5.28. The maximum absolute atomic E-state index is 13.8. The van der Waals surface area contributed by atoms with Crippen molar-refractivity contribution in [2.24, 2.45) is 0 Å². The van der Waals surface area contributed by atoms with Gasteiger partial charge in [0.2, 0.25) is 0 Å². The van der Waals surface area contributed by atoms with Gasteiger partial charge in [0, 0.05) is 16.2 Å². The third kappa shape index (κ3) is 3.73. The Morgan fingerprint density at radius 2 is 2.05 bits per heavy atom. The van der Waals surface area contributed by atoms with Gasteiger partial charge in [0.1, 0.15) is 5.82 Å². The summed E-state index contributed by atoms with van der Waals surface area (Å²) in [7, 11) is 0. The summed E-state index contributed by atoms with van der Waals surface area (Å²) in [6, 6.07) is 3.96. The molecule has 1 aliphatic carbocycles. The quantitative estimate of drug-likeness (QED) is 0.829. The minimum absolute atomic E-state index is 0.0875. The van der Waals surface area contributed by atoms with Crippen LogP contribution in [0.4, 0.5) is 4.39 Å². The molecule has 0 heterocycles. The second kappa shape index (κ2) is 6.76. The van der Waals surface area contributed by atoms with E-state index in [9.17, 15) is 4.39 Å². The highest BCUT2D eigenvalue weighted by Crippen LogP contribution is 2.38. The zero-order chi connectivity index (χ0) is 13.8. The smallest absolute Gasteiger partial charge is 0.126 e. The van der Waals surface area contributed by atoms with Crippen molar-refractivity contribution in [1.82, 2.24) is 5.32 Å². The molecule has 1 nitrogen and oxygen atoms in total. The molecule has 1 aromatic carbocycles. The highest BCUT2D eigenvalue weighted by molar-refractivity contribution is 8.00. The molecule has 19 heavy (non-hydrogen) atoms. The van der Waals surface area contributed by atoms with Gasteiger partial charge in [-0.2, -0.15) is 0 Å². The van der Waals surface area contributed by atoms with Gasteiger partial charge < -0.3 is 5.32 Å². The van der Waals surface area contributed by atoms with E-state index in [2.05, 4.69) is 19.2 Å². The minimum atomic E-state index is -0.0875. The van der Waals surface area contributed by atoms with Crippen LogP contribution in [0.2, 0.25) is 0 Å². The summed E-state index contributed by atoms with van der Waals surface area (Å²) in [5.41, 5.74) is 1.87. The van der Waals surface area contributed by atoms with Crippen molar-refractivity contribution in [1.29, 1.82) is 0 Å². The fourth-order valence-electron chi connectivity index (χ4n) is 2.71. The van der Waals surface area contributed by atoms with Crippen LogP contribution >= 0.6 is 11.8 Å². The number of thioether (sulfide) groups is 1. The standard InChI is InChI=1S/C16H24FNS/c1-4-18-12(3)14-10-15(17)11(2)9-16(14)19-13-7-5-6-8-13/h9-10,12-13,18H,4-8H2,1-3H3. The van der Waals surface area contributed by atoms with Crippen LogP contribution in [0.25, 0.3) is 0 Å². The van der Waals surface area contributed by atoms with Gasteiger partial charge in [-0.15, -0.1) is 11.8 Å². The first-order valence-corrected chi connectivity index (χ1v) is 8.20. The lowest BCUT2D eigenvalue weighted by molar-refractivity contribution is 0.571. The topological polar surface area (TPSA) is 12.0 Å². The maximum atomic E-state index is 13.8. The average Bonchev–Trinajstić information content (AvgIpc) is 2.86. The Hall–Kier alpha value is -0.540. The Morgan fingerprint density at radius 1 is 1.37 bits per heavy atom. The number of rotatable bonds is 5. The predicted octanol–water partition coefficient (Wildman–Crippen LogP) is 4.84. The first-order chi connectivity index (χ1) is 9.11. The number of halogens is 1. The largest absolute Gasteiger partial charge is 0.310 e. The average molecular weight is 281 g/mol. The molecule has 0 radical (unpaired) electrons. The SMILES string of the molecule is CCNC(C)c1cc(F)c(C)cc1SC1CCCC1. The van der Waals surface area contributed by atoms with Crippen molar-refractivity contribution < 1.29 is 4.39 Å². The van der Waals surface area contributed by atoms with Crippen molar-refractivity contribution in [2.45, 2.75) is 62.6 Å². The normalized spacial score (nSPS) is 17.9. The van der Waals surface area contributed by atoms with Crippen LogP contribution in [0, 0.1) is 12.7 Å². The van der Waals surface area contributed by atoms with E-state index in [-0.39, 0.29) is 11.9 Å². The maximum Gasteiger partial charge on any atom is 0.126 e. The van der Waals surface area contributed by atoms with E-state index in [1.165, 1.54) is 30.6 Å². The van der Waals surface area contributed by atoms with Crippen molar-refractivity contribution in [3.63, 3.8) is 0 Å². The Labute approximate surface area is 120 Å². The van der Waals surface area contributed by atoms with E-state index >= 15 is 0 Å². The van der Waals surface area contributed by atoms with Gasteiger partial charge >= 0.3 is 0 Å². The summed E-state index contributed by atoms with van der Waals surface area (Å²) in [6.07, 6.45) is 5.29. The highest BCUT2D eigenvalue weighted by atomic mass is 32.2. The fraction of sp³-hybridized carbons (Fsp3) is 0.625. The zero-order valence-corrected chi connectivity index (χ0v) is 12.9. The molecule has 2 rings (SSSR count). The lowest BCUT2D eigenvalue weighted by Crippen LogP contribution is -2.19. The van der Waals surface area contributed by atoms with Crippen LogP contribution in [0.1, 0.15) is 56.7 Å². The van der Waals surface area contributed by atoms with Gasteiger partial charge in [-0.25, -0.2) is 4.39 Å². The van der Waals surface area contributed by atoms with Crippen LogP contribution in [0.3, 0.4) is 0 Å². The van der Waals surface area contributed by atoms with Gasteiger partial charge in [0.25, 0.3) is 0 Å². The van der Waals surface area contributed by atoms with Crippen molar-refractivity contribution in [3.05, 3.63) is 29.1 Å². The van der Waals surface area contributed by atoms with E-state index < -0.39 is 0 Å². The molecule has 1 N–H and O–H groups in total. The summed E-state index contributed by atoms with van der Waals surface area (Å²) >= 11 is 1.95. The monoisotopic (exact) mass is 281 g/mol. The summed E-state index contributed by atoms with van der Waals surface area (Å²) in [6.45, 7) is 6.97. The van der Waals surface area contributed by atoms with Crippen molar-refractivity contribution in [3.8, 4) is 0 Å². The first-order valence-electron chi connectivity index (χ1n) is 7.32. The molecule has 0 aliphatic heterocycles. The molecule has 1 unspecified atom stereocenters. The van der Waals surface area contributed by atoms with Crippen molar-refractivity contribution >= 4 is 11.8 Å². The molecule has 1 fully saturated rings. The molecule has 106 valence electrons. The summed E-state index contributed by atoms with van der Waals surface area (Å²) < 4.78 is 13.8. The van der Waals surface area contributed by atoms with Gasteiger partial charge in [-0.05, 0) is 56.5 Å². The fourth-order valence-corrected chi connectivity index (χ4v) is 4.26. The summed E-state index contributed by atoms with van der Waals surface area (Å²) in [4.78, 5) is 1.26. The van der Waals surface area contributed by atoms with Gasteiger partial charge in [0.05, 0.1) is 0 Å². The van der Waals surface area contributed by atoms with E-state index in [0.29, 0.717) is 0 Å². The number of hydrogen-bond donors (Lipinski definition) is 1. The van der Waals surface area contributed by atoms with E-state index in [0.717, 1.165) is 22.9 Å². The van der Waals surface area contributed by atoms with Gasteiger partial charge in [-0.3, -0.25) is 0 Å². The van der Waals surface area contributed by atoms with Crippen LogP contribution in [-0.4, -0.2) is 11.8 Å². The first kappa shape index (κ1) is 14.9. The van der Waals surface area contributed by atoms with Crippen LogP contribution in [0.5, 0.6) is 0 Å². The summed E-state index contributed by atoms with van der Waals surface area (Å²) in [5, 5.41) is 4.11. The third-order valence-electron chi connectivity index (χ3n) is 3.86. The Balaban J connectivity index is 2.24. The minimum Gasteiger partial charge on any atom is -0.310 e. The number of nitrogens with one attached hydrogen (secondary N) is 1. The molecule has 0 amide bonds. The van der Waals surface area contributed by atoms with E-state index in [1.807, 2.05) is 24.8 Å². The molecule has 0 spiro atoms. The second-order valence-corrected chi connectivity index (χ2v) is 6.79. The lowest BCUT2D eigenvalue weighted by Gasteiger charge is -2.20. The van der Waals surface area contributed by atoms with Crippen LogP contribution < -0.4 is 5.32 Å². The molecule has 0 aromatic heterocycles. The number of aryl methyl sites for hydroxylation is 1. The lowest BCUT2D eigenvalue weighted by atomic mass is 10.1. The van der Waals surface area contributed by atoms with Crippen LogP contribution in [-0.2, 0) is 0 Å². The van der Waals surface area contributed by atoms with Crippen LogP contribution in [0.15, 0.2) is 17.0 Å². The number of benzene rings is 1. The molecule has 1 aliphatic rings. The van der Waals surface area contributed by atoms with Crippen molar-refractivity contribution in [2.75, 3.05) is 6.54 Å². The van der Waals surface area contributed by atoms with Gasteiger partial charge in [0.15, 0.2) is 0 Å². The molecule has 1 saturated carbocycles. The zero-order valence-electron chi connectivity index (χ0n) is 12.1. The molecule has 1 aromatic rings. The Bertz CT molecular complexity index is 427. The molecule has 0 saturated heterocycles. The molecular formula is C16H24FNS. The van der Waals surface area contributed by atoms with E-state index in [1.54, 1.807) is 6.07 Å². The predicted molar refractivity (Wildman–Crippen MR) is 81.3 cm³/mol. The number of hydrogen-bond acceptors (Lipinski definition) is 2. The summed E-state index contributed by atoms with van der Waals surface area (Å²) in [5.74, 6) is -0.0875. The molecular weight excluding hydrogens is 257 g/mol. The van der Waals surface area contributed by atoms with E-state index in [4.69, 9.17) is 0 Å². The van der Waals surface area contributed by atoms with Gasteiger partial charge in [-0.1, -0.05) is 19.8 Å². The Kier molecular flexibility index (Phi) is 5.28. The Morgan fingerprint density at radius 3 is 2.68 bits per heavy atom. The molecule has 3 heteroatoms.